The lowest BCUT2D eigenvalue weighted by Gasteiger charge is -2.15. The number of nitriles is 1. The molecule has 2 aromatic heterocycles. The zero-order valence-electron chi connectivity index (χ0n) is 19.8. The summed E-state index contributed by atoms with van der Waals surface area (Å²) in [6.07, 6.45) is 4.86. The predicted molar refractivity (Wildman–Crippen MR) is 136 cm³/mol. The summed E-state index contributed by atoms with van der Waals surface area (Å²) in [5.74, 6) is 1.56. The number of hydrogen-bond donors (Lipinski definition) is 1. The molecular formula is C25H29N5O2S2. The average Bonchev–Trinajstić information content (AvgIpc) is 3.43. The Hall–Kier alpha value is -2.83. The first-order valence-electron chi connectivity index (χ1n) is 11.7. The lowest BCUT2D eigenvalue weighted by Crippen LogP contribution is -2.15. The number of anilines is 1. The summed E-state index contributed by atoms with van der Waals surface area (Å²) in [5, 5.41) is 22.6. The summed E-state index contributed by atoms with van der Waals surface area (Å²) in [6.45, 7) is 6.77. The first-order valence-corrected chi connectivity index (χ1v) is 13.5. The molecule has 34 heavy (non-hydrogen) atoms. The van der Waals surface area contributed by atoms with Crippen molar-refractivity contribution in [2.75, 3.05) is 11.1 Å². The van der Waals surface area contributed by atoms with Gasteiger partial charge in [-0.15, -0.1) is 21.5 Å². The monoisotopic (exact) mass is 495 g/mol. The van der Waals surface area contributed by atoms with Gasteiger partial charge in [-0.2, -0.15) is 5.26 Å². The van der Waals surface area contributed by atoms with Crippen LogP contribution in [0.1, 0.15) is 67.1 Å². The van der Waals surface area contributed by atoms with Gasteiger partial charge in [-0.3, -0.25) is 4.79 Å². The van der Waals surface area contributed by atoms with Crippen LogP contribution >= 0.6 is 23.1 Å². The first kappa shape index (κ1) is 24.3. The minimum Gasteiger partial charge on any atom is -0.483 e. The molecule has 0 saturated carbocycles. The average molecular weight is 496 g/mol. The molecule has 1 amide bonds. The van der Waals surface area contributed by atoms with E-state index < -0.39 is 0 Å². The topological polar surface area (TPSA) is 92.8 Å². The summed E-state index contributed by atoms with van der Waals surface area (Å²) in [7, 11) is 0. The Morgan fingerprint density at radius 2 is 2.03 bits per heavy atom. The molecule has 2 heterocycles. The van der Waals surface area contributed by atoms with Gasteiger partial charge in [0, 0.05) is 11.4 Å². The molecule has 0 bridgehead atoms. The highest BCUT2D eigenvalue weighted by Gasteiger charge is 2.23. The molecule has 0 radical (unpaired) electrons. The zero-order chi connectivity index (χ0) is 24.1. The highest BCUT2D eigenvalue weighted by atomic mass is 32.2. The maximum absolute atomic E-state index is 12.7. The number of amides is 1. The molecule has 3 aromatic rings. The highest BCUT2D eigenvalue weighted by molar-refractivity contribution is 7.99. The molecule has 4 rings (SSSR count). The van der Waals surface area contributed by atoms with E-state index in [1.165, 1.54) is 22.2 Å². The fraction of sp³-hybridized carbons (Fsp3) is 0.440. The van der Waals surface area contributed by atoms with Crippen LogP contribution in [0.25, 0.3) is 0 Å². The molecule has 7 nitrogen and oxygen atoms in total. The van der Waals surface area contributed by atoms with Crippen LogP contribution in [0.2, 0.25) is 0 Å². The Morgan fingerprint density at radius 3 is 2.74 bits per heavy atom. The number of fused-ring (bicyclic) bond motifs is 1. The molecular weight excluding hydrogens is 466 g/mol. The van der Waals surface area contributed by atoms with Gasteiger partial charge in [0.2, 0.25) is 5.91 Å². The number of hydrogen-bond acceptors (Lipinski definition) is 7. The van der Waals surface area contributed by atoms with E-state index in [1.54, 1.807) is 11.3 Å². The number of carbonyl (C=O) groups excluding carboxylic acids is 1. The van der Waals surface area contributed by atoms with Crippen molar-refractivity contribution in [1.29, 1.82) is 5.26 Å². The van der Waals surface area contributed by atoms with Crippen LogP contribution in [0.5, 0.6) is 5.75 Å². The second-order valence-corrected chi connectivity index (χ2v) is 10.3. The van der Waals surface area contributed by atoms with E-state index in [0.29, 0.717) is 22.3 Å². The predicted octanol–water partition coefficient (Wildman–Crippen LogP) is 5.54. The van der Waals surface area contributed by atoms with Crippen LogP contribution < -0.4 is 10.1 Å². The molecule has 0 spiro atoms. The smallest absolute Gasteiger partial charge is 0.235 e. The number of ether oxygens (including phenoxy) is 1. The maximum Gasteiger partial charge on any atom is 0.235 e. The van der Waals surface area contributed by atoms with Gasteiger partial charge >= 0.3 is 0 Å². The van der Waals surface area contributed by atoms with Gasteiger partial charge in [-0.05, 0) is 69.2 Å². The summed E-state index contributed by atoms with van der Waals surface area (Å²) < 4.78 is 8.06. The van der Waals surface area contributed by atoms with E-state index in [1.807, 2.05) is 30.5 Å². The molecule has 1 aromatic carbocycles. The number of rotatable bonds is 9. The quantitative estimate of drug-likeness (QED) is 0.392. The fourth-order valence-corrected chi connectivity index (χ4v) is 6.20. The standard InChI is InChI=1S/C25H29N5O2S2/c1-4-17-10-12-18(13-11-17)32-16(3)23-28-29-25(30(23)5-2)33-15-22(31)27-24-20(14-26)19-8-6-7-9-21(19)34-24/h10-13,16H,4-9,15H2,1-3H3,(H,27,31). The van der Waals surface area contributed by atoms with Crippen LogP contribution in [0.15, 0.2) is 29.4 Å². The van der Waals surface area contributed by atoms with Crippen molar-refractivity contribution in [3.63, 3.8) is 0 Å². The van der Waals surface area contributed by atoms with E-state index in [9.17, 15) is 10.1 Å². The molecule has 9 heteroatoms. The minimum absolute atomic E-state index is 0.146. The Bertz CT molecular complexity index is 1190. The summed E-state index contributed by atoms with van der Waals surface area (Å²) in [5.41, 5.74) is 3.02. The van der Waals surface area contributed by atoms with Gasteiger partial charge in [-0.25, -0.2) is 0 Å². The molecule has 1 N–H and O–H groups in total. The third kappa shape index (κ3) is 5.29. The second-order valence-electron chi connectivity index (χ2n) is 8.21. The van der Waals surface area contributed by atoms with Crippen molar-refractivity contribution < 1.29 is 9.53 Å². The lowest BCUT2D eigenvalue weighted by atomic mass is 9.96. The Balaban J connectivity index is 1.39. The van der Waals surface area contributed by atoms with E-state index in [0.717, 1.165) is 49.2 Å². The molecule has 1 unspecified atom stereocenters. The molecule has 1 aliphatic rings. The molecule has 1 aliphatic carbocycles. The van der Waals surface area contributed by atoms with Crippen molar-refractivity contribution >= 4 is 34.0 Å². The number of benzene rings is 1. The molecule has 178 valence electrons. The number of aryl methyl sites for hydroxylation is 2. The normalized spacial score (nSPS) is 13.7. The number of thiophene rings is 1. The van der Waals surface area contributed by atoms with Gasteiger partial charge in [0.05, 0.1) is 11.3 Å². The van der Waals surface area contributed by atoms with Gasteiger partial charge in [0.25, 0.3) is 0 Å². The number of aromatic nitrogens is 3. The second kappa shape index (κ2) is 11.1. The third-order valence-corrected chi connectivity index (χ3v) is 8.11. The summed E-state index contributed by atoms with van der Waals surface area (Å²) in [6, 6.07) is 10.4. The minimum atomic E-state index is -0.279. The zero-order valence-corrected chi connectivity index (χ0v) is 21.4. The number of carbonyl (C=O) groups is 1. The SMILES string of the molecule is CCc1ccc(OC(C)c2nnc(SCC(=O)Nc3sc4c(c3C#N)CCCC4)n2CC)cc1. The number of nitrogens with zero attached hydrogens (tertiary/aromatic N) is 4. The van der Waals surface area contributed by atoms with E-state index >= 15 is 0 Å². The largest absolute Gasteiger partial charge is 0.483 e. The number of thioether (sulfide) groups is 1. The summed E-state index contributed by atoms with van der Waals surface area (Å²) >= 11 is 2.88. The van der Waals surface area contributed by atoms with E-state index in [4.69, 9.17) is 4.74 Å². The van der Waals surface area contributed by atoms with Crippen molar-refractivity contribution in [3.8, 4) is 11.8 Å². The van der Waals surface area contributed by atoms with Gasteiger partial charge < -0.3 is 14.6 Å². The van der Waals surface area contributed by atoms with Crippen molar-refractivity contribution in [2.45, 2.75) is 70.7 Å². The van der Waals surface area contributed by atoms with Crippen LogP contribution in [-0.4, -0.2) is 26.4 Å². The van der Waals surface area contributed by atoms with Gasteiger partial charge in [-0.1, -0.05) is 30.8 Å². The molecule has 0 aliphatic heterocycles. The van der Waals surface area contributed by atoms with Crippen LogP contribution in [0, 0.1) is 11.3 Å². The van der Waals surface area contributed by atoms with E-state index in [-0.39, 0.29) is 17.8 Å². The number of nitrogens with one attached hydrogen (secondary N) is 1. The van der Waals surface area contributed by atoms with Gasteiger partial charge in [0.15, 0.2) is 17.1 Å². The van der Waals surface area contributed by atoms with Crippen LogP contribution in [0.3, 0.4) is 0 Å². The Morgan fingerprint density at radius 1 is 1.26 bits per heavy atom. The lowest BCUT2D eigenvalue weighted by molar-refractivity contribution is -0.113. The van der Waals surface area contributed by atoms with Crippen LogP contribution in [-0.2, 0) is 30.6 Å². The highest BCUT2D eigenvalue weighted by Crippen LogP contribution is 2.37. The van der Waals surface area contributed by atoms with Crippen molar-refractivity contribution in [2.24, 2.45) is 0 Å². The Labute approximate surface area is 208 Å². The molecule has 0 fully saturated rings. The van der Waals surface area contributed by atoms with Gasteiger partial charge in [0.1, 0.15) is 16.8 Å². The van der Waals surface area contributed by atoms with Crippen LogP contribution in [0.4, 0.5) is 5.00 Å². The van der Waals surface area contributed by atoms with E-state index in [2.05, 4.69) is 40.6 Å². The maximum atomic E-state index is 12.7. The van der Waals surface area contributed by atoms with Crippen molar-refractivity contribution in [1.82, 2.24) is 14.8 Å². The third-order valence-electron chi connectivity index (χ3n) is 5.94. The summed E-state index contributed by atoms with van der Waals surface area (Å²) in [4.78, 5) is 13.9. The molecule has 0 saturated heterocycles. The Kier molecular flexibility index (Phi) is 7.91. The van der Waals surface area contributed by atoms with Crippen molar-refractivity contribution in [3.05, 3.63) is 51.7 Å². The first-order chi connectivity index (χ1) is 16.5. The fourth-order valence-electron chi connectivity index (χ4n) is 4.13. The molecule has 1 atom stereocenters.